The van der Waals surface area contributed by atoms with Crippen molar-refractivity contribution in [3.8, 4) is 0 Å². The third-order valence-electron chi connectivity index (χ3n) is 3.07. The van der Waals surface area contributed by atoms with Crippen molar-refractivity contribution in [2.45, 2.75) is 26.7 Å². The lowest BCUT2D eigenvalue weighted by molar-refractivity contribution is 0.610. The number of hydrogen-bond acceptors (Lipinski definition) is 2. The van der Waals surface area contributed by atoms with Gasteiger partial charge < -0.3 is 11.1 Å². The number of benzene rings is 1. The number of aryl methyl sites for hydroxylation is 1. The zero-order valence-electron chi connectivity index (χ0n) is 8.93. The van der Waals surface area contributed by atoms with E-state index < -0.39 is 0 Å². The lowest BCUT2D eigenvalue weighted by Gasteiger charge is -2.13. The molecule has 14 heavy (non-hydrogen) atoms. The Balaban J connectivity index is 2.04. The summed E-state index contributed by atoms with van der Waals surface area (Å²) in [5.74, 6) is 0. The third-order valence-corrected chi connectivity index (χ3v) is 3.07. The minimum Gasteiger partial charge on any atom is -0.399 e. The first kappa shape index (κ1) is 9.38. The summed E-state index contributed by atoms with van der Waals surface area (Å²) in [7, 11) is 0. The van der Waals surface area contributed by atoms with E-state index in [2.05, 4.69) is 25.2 Å². The molecular weight excluding hydrogens is 172 g/mol. The Bertz CT molecular complexity index is 340. The molecular formula is C12H18N2. The molecule has 1 fully saturated rings. The largest absolute Gasteiger partial charge is 0.399 e. The number of anilines is 2. The average Bonchev–Trinajstić information content (AvgIpc) is 2.87. The first-order valence-electron chi connectivity index (χ1n) is 5.19. The minimum absolute atomic E-state index is 0.539. The van der Waals surface area contributed by atoms with Crippen molar-refractivity contribution in [3.63, 3.8) is 0 Å². The molecule has 0 radical (unpaired) electrons. The Kier molecular flexibility index (Phi) is 2.14. The summed E-state index contributed by atoms with van der Waals surface area (Å²) in [5, 5.41) is 3.48. The van der Waals surface area contributed by atoms with E-state index in [9.17, 15) is 0 Å². The molecule has 1 aromatic carbocycles. The maximum absolute atomic E-state index is 5.74. The molecule has 0 saturated heterocycles. The predicted octanol–water partition coefficient (Wildman–Crippen LogP) is 2.79. The molecule has 0 aliphatic heterocycles. The zero-order chi connectivity index (χ0) is 10.2. The second-order valence-electron chi connectivity index (χ2n) is 4.74. The van der Waals surface area contributed by atoms with Crippen LogP contribution in [-0.2, 0) is 0 Å². The molecule has 0 heterocycles. The molecule has 0 amide bonds. The average molecular weight is 190 g/mol. The molecule has 0 unspecified atom stereocenters. The van der Waals surface area contributed by atoms with Crippen molar-refractivity contribution in [2.75, 3.05) is 17.6 Å². The van der Waals surface area contributed by atoms with Crippen LogP contribution in [0.2, 0.25) is 0 Å². The molecule has 76 valence electrons. The summed E-state index contributed by atoms with van der Waals surface area (Å²) in [6.45, 7) is 5.50. The molecule has 1 aliphatic rings. The second kappa shape index (κ2) is 3.19. The highest BCUT2D eigenvalue weighted by atomic mass is 14.9. The van der Waals surface area contributed by atoms with Gasteiger partial charge in [0, 0.05) is 17.9 Å². The van der Waals surface area contributed by atoms with Crippen LogP contribution < -0.4 is 11.1 Å². The van der Waals surface area contributed by atoms with Crippen molar-refractivity contribution >= 4 is 11.4 Å². The van der Waals surface area contributed by atoms with Crippen LogP contribution in [0.1, 0.15) is 25.3 Å². The van der Waals surface area contributed by atoms with Gasteiger partial charge in [-0.25, -0.2) is 0 Å². The van der Waals surface area contributed by atoms with Crippen molar-refractivity contribution in [3.05, 3.63) is 23.8 Å². The molecule has 1 aromatic rings. The number of nitrogens with two attached hydrogens (primary N) is 1. The van der Waals surface area contributed by atoms with Crippen molar-refractivity contribution in [1.29, 1.82) is 0 Å². The molecule has 0 atom stereocenters. The van der Waals surface area contributed by atoms with Gasteiger partial charge in [-0.15, -0.1) is 0 Å². The van der Waals surface area contributed by atoms with E-state index in [4.69, 9.17) is 5.73 Å². The molecule has 1 aliphatic carbocycles. The van der Waals surface area contributed by atoms with Gasteiger partial charge in [0.15, 0.2) is 0 Å². The van der Waals surface area contributed by atoms with Gasteiger partial charge in [-0.1, -0.05) is 13.0 Å². The van der Waals surface area contributed by atoms with Gasteiger partial charge in [0.25, 0.3) is 0 Å². The topological polar surface area (TPSA) is 38.0 Å². The monoisotopic (exact) mass is 190 g/mol. The van der Waals surface area contributed by atoms with Crippen molar-refractivity contribution in [1.82, 2.24) is 0 Å². The molecule has 1 saturated carbocycles. The normalized spacial score (nSPS) is 17.9. The van der Waals surface area contributed by atoms with Gasteiger partial charge in [-0.05, 0) is 42.9 Å². The fourth-order valence-corrected chi connectivity index (χ4v) is 1.53. The van der Waals surface area contributed by atoms with E-state index in [1.807, 2.05) is 12.1 Å². The van der Waals surface area contributed by atoms with Crippen molar-refractivity contribution < 1.29 is 0 Å². The predicted molar refractivity (Wildman–Crippen MR) is 61.4 cm³/mol. The smallest absolute Gasteiger partial charge is 0.0390 e. The fourth-order valence-electron chi connectivity index (χ4n) is 1.53. The Labute approximate surface area is 85.5 Å². The number of hydrogen-bond donors (Lipinski definition) is 2. The van der Waals surface area contributed by atoms with Gasteiger partial charge in [0.1, 0.15) is 0 Å². The Morgan fingerprint density at radius 3 is 2.79 bits per heavy atom. The molecule has 3 N–H and O–H groups in total. The zero-order valence-corrected chi connectivity index (χ0v) is 8.93. The summed E-state index contributed by atoms with van der Waals surface area (Å²) >= 11 is 0. The fraction of sp³-hybridized carbons (Fsp3) is 0.500. The van der Waals surface area contributed by atoms with Crippen LogP contribution in [0.15, 0.2) is 18.2 Å². The Morgan fingerprint density at radius 1 is 1.43 bits per heavy atom. The van der Waals surface area contributed by atoms with Crippen LogP contribution in [0.25, 0.3) is 0 Å². The van der Waals surface area contributed by atoms with Gasteiger partial charge in [-0.3, -0.25) is 0 Å². The van der Waals surface area contributed by atoms with Crippen molar-refractivity contribution in [2.24, 2.45) is 5.41 Å². The first-order valence-corrected chi connectivity index (χ1v) is 5.19. The highest BCUT2D eigenvalue weighted by Crippen LogP contribution is 2.44. The summed E-state index contributed by atoms with van der Waals surface area (Å²) < 4.78 is 0. The second-order valence-corrected chi connectivity index (χ2v) is 4.74. The Morgan fingerprint density at radius 2 is 2.14 bits per heavy atom. The van der Waals surface area contributed by atoms with Crippen LogP contribution in [-0.4, -0.2) is 6.54 Å². The van der Waals surface area contributed by atoms with Gasteiger partial charge >= 0.3 is 0 Å². The molecule has 0 spiro atoms. The van der Waals surface area contributed by atoms with E-state index in [0.717, 1.165) is 12.2 Å². The maximum Gasteiger partial charge on any atom is 0.0390 e. The summed E-state index contributed by atoms with van der Waals surface area (Å²) in [6, 6.07) is 6.02. The van der Waals surface area contributed by atoms with E-state index in [0.29, 0.717) is 5.41 Å². The van der Waals surface area contributed by atoms with Gasteiger partial charge in [-0.2, -0.15) is 0 Å². The van der Waals surface area contributed by atoms with Crippen LogP contribution >= 0.6 is 0 Å². The van der Waals surface area contributed by atoms with Crippen LogP contribution in [0.4, 0.5) is 11.4 Å². The van der Waals surface area contributed by atoms with Crippen LogP contribution in [0.3, 0.4) is 0 Å². The number of rotatable bonds is 3. The van der Waals surface area contributed by atoms with E-state index in [1.165, 1.54) is 24.1 Å². The molecule has 2 rings (SSSR count). The summed E-state index contributed by atoms with van der Waals surface area (Å²) in [5.41, 5.74) is 9.56. The van der Waals surface area contributed by atoms with E-state index in [1.54, 1.807) is 0 Å². The van der Waals surface area contributed by atoms with Crippen LogP contribution in [0.5, 0.6) is 0 Å². The van der Waals surface area contributed by atoms with E-state index >= 15 is 0 Å². The lowest BCUT2D eigenvalue weighted by Crippen LogP contribution is -2.12. The summed E-state index contributed by atoms with van der Waals surface area (Å²) in [4.78, 5) is 0. The molecule has 2 nitrogen and oxygen atoms in total. The minimum atomic E-state index is 0.539. The quantitative estimate of drug-likeness (QED) is 0.719. The molecule has 0 aromatic heterocycles. The number of nitrogen functional groups attached to an aromatic ring is 1. The molecule has 2 heteroatoms. The van der Waals surface area contributed by atoms with E-state index in [-0.39, 0.29) is 0 Å². The Hall–Kier alpha value is -1.18. The molecule has 0 bridgehead atoms. The maximum atomic E-state index is 5.74. The summed E-state index contributed by atoms with van der Waals surface area (Å²) in [6.07, 6.45) is 2.70. The van der Waals surface area contributed by atoms with Gasteiger partial charge in [0.2, 0.25) is 0 Å². The SMILES string of the molecule is Cc1ccc(N)cc1NCC1(C)CC1. The number of nitrogens with one attached hydrogen (secondary N) is 1. The third kappa shape index (κ3) is 2.00. The highest BCUT2D eigenvalue weighted by molar-refractivity contribution is 5.59. The first-order chi connectivity index (χ1) is 6.59. The standard InChI is InChI=1S/C12H18N2/c1-9-3-4-10(13)7-11(9)14-8-12(2)5-6-12/h3-4,7,14H,5-6,8,13H2,1-2H3. The van der Waals surface area contributed by atoms with Gasteiger partial charge in [0.05, 0.1) is 0 Å². The lowest BCUT2D eigenvalue weighted by atomic mass is 10.1. The van der Waals surface area contributed by atoms with Crippen LogP contribution in [0, 0.1) is 12.3 Å². The highest BCUT2D eigenvalue weighted by Gasteiger charge is 2.36.